The summed E-state index contributed by atoms with van der Waals surface area (Å²) in [6.45, 7) is 13.0. The number of carbonyl (C=O) groups is 3. The van der Waals surface area contributed by atoms with Gasteiger partial charge in [0.2, 0.25) is 5.91 Å². The van der Waals surface area contributed by atoms with Crippen LogP contribution in [0.2, 0.25) is 0 Å². The monoisotopic (exact) mass is 533 g/mol. The Morgan fingerprint density at radius 3 is 2.18 bits per heavy atom. The Hall–Kier alpha value is -4.25. The first-order chi connectivity index (χ1) is 18.4. The van der Waals surface area contributed by atoms with Gasteiger partial charge in [-0.15, -0.1) is 13.0 Å². The SMILES string of the molecule is C#Cc1ccc(C(C(=O)Nc2ccc(OC)cc2)N(CC=C)C(=O)C(CC(C)C)NC(=O)OC(C)(C)C)cc1. The Labute approximate surface area is 231 Å². The van der Waals surface area contributed by atoms with E-state index in [9.17, 15) is 14.4 Å². The van der Waals surface area contributed by atoms with Gasteiger partial charge in [-0.05, 0) is 75.1 Å². The van der Waals surface area contributed by atoms with E-state index in [4.69, 9.17) is 15.9 Å². The van der Waals surface area contributed by atoms with Gasteiger partial charge in [-0.3, -0.25) is 9.59 Å². The molecule has 8 heteroatoms. The number of amides is 3. The number of carbonyl (C=O) groups excluding carboxylic acids is 3. The fraction of sp³-hybridized carbons (Fsp3) is 0.387. The number of hydrogen-bond acceptors (Lipinski definition) is 5. The van der Waals surface area contributed by atoms with Gasteiger partial charge in [-0.1, -0.05) is 38.0 Å². The molecule has 0 spiro atoms. The second kappa shape index (κ2) is 14.1. The third-order valence-corrected chi connectivity index (χ3v) is 5.62. The Morgan fingerprint density at radius 2 is 1.69 bits per heavy atom. The molecule has 0 aliphatic carbocycles. The standard InChI is InChI=1S/C31H39N3O5/c1-9-19-34(29(36)26(20-21(3)4)33-30(37)39-31(5,6)7)27(23-13-11-22(10-2)12-14-23)28(35)32-24-15-17-25(38-8)18-16-24/h2,9,11-18,21,26-27H,1,19-20H2,3-8H3,(H,32,35)(H,33,37). The predicted molar refractivity (Wildman–Crippen MR) is 153 cm³/mol. The van der Waals surface area contributed by atoms with Crippen molar-refractivity contribution in [2.45, 2.75) is 58.7 Å². The molecule has 0 aromatic heterocycles. The molecule has 2 rings (SSSR count). The number of rotatable bonds is 11. The van der Waals surface area contributed by atoms with Crippen molar-refractivity contribution in [1.82, 2.24) is 10.2 Å². The third-order valence-electron chi connectivity index (χ3n) is 5.62. The van der Waals surface area contributed by atoms with E-state index in [1.807, 2.05) is 13.8 Å². The van der Waals surface area contributed by atoms with Crippen LogP contribution < -0.4 is 15.4 Å². The van der Waals surface area contributed by atoms with Crippen LogP contribution in [-0.4, -0.2) is 48.1 Å². The van der Waals surface area contributed by atoms with Crippen LogP contribution in [0, 0.1) is 18.3 Å². The molecule has 8 nitrogen and oxygen atoms in total. The van der Waals surface area contributed by atoms with Crippen LogP contribution >= 0.6 is 0 Å². The highest BCUT2D eigenvalue weighted by atomic mass is 16.6. The van der Waals surface area contributed by atoms with E-state index in [1.165, 1.54) is 4.90 Å². The molecular formula is C31H39N3O5. The van der Waals surface area contributed by atoms with Crippen molar-refractivity contribution < 1.29 is 23.9 Å². The van der Waals surface area contributed by atoms with E-state index < -0.39 is 35.6 Å². The van der Waals surface area contributed by atoms with Gasteiger partial charge in [0, 0.05) is 17.8 Å². The summed E-state index contributed by atoms with van der Waals surface area (Å²) in [4.78, 5) is 41.8. The molecule has 0 radical (unpaired) electrons. The van der Waals surface area contributed by atoms with Crippen molar-refractivity contribution >= 4 is 23.6 Å². The average molecular weight is 534 g/mol. The molecule has 208 valence electrons. The van der Waals surface area contributed by atoms with Crippen molar-refractivity contribution in [1.29, 1.82) is 0 Å². The molecule has 0 bridgehead atoms. The Bertz CT molecular complexity index is 1170. The van der Waals surface area contributed by atoms with E-state index in [2.05, 4.69) is 23.1 Å². The van der Waals surface area contributed by atoms with Crippen molar-refractivity contribution in [3.8, 4) is 18.1 Å². The second-order valence-corrected chi connectivity index (χ2v) is 10.5. The summed E-state index contributed by atoms with van der Waals surface area (Å²) >= 11 is 0. The van der Waals surface area contributed by atoms with Crippen molar-refractivity contribution in [2.24, 2.45) is 5.92 Å². The quantitative estimate of drug-likeness (QED) is 0.301. The number of anilines is 1. The number of nitrogens with one attached hydrogen (secondary N) is 2. The van der Waals surface area contributed by atoms with Crippen LogP contribution in [0.4, 0.5) is 10.5 Å². The maximum Gasteiger partial charge on any atom is 0.408 e. The zero-order valence-corrected chi connectivity index (χ0v) is 23.6. The topological polar surface area (TPSA) is 97.0 Å². The smallest absolute Gasteiger partial charge is 0.408 e. The molecule has 0 saturated carbocycles. The molecule has 0 aliphatic rings. The first-order valence-corrected chi connectivity index (χ1v) is 12.8. The minimum absolute atomic E-state index is 0.0566. The van der Waals surface area contributed by atoms with Crippen molar-refractivity contribution in [3.63, 3.8) is 0 Å². The molecule has 0 heterocycles. The Kier molecular flexibility index (Phi) is 11.2. The lowest BCUT2D eigenvalue weighted by Gasteiger charge is -2.34. The van der Waals surface area contributed by atoms with Crippen molar-refractivity contribution in [3.05, 3.63) is 72.3 Å². The normalized spacial score (nSPS) is 12.5. The summed E-state index contributed by atoms with van der Waals surface area (Å²) in [6, 6.07) is 11.8. The van der Waals surface area contributed by atoms with Crippen LogP contribution in [0.3, 0.4) is 0 Å². The maximum atomic E-state index is 14.0. The summed E-state index contributed by atoms with van der Waals surface area (Å²) < 4.78 is 10.6. The molecule has 2 aromatic carbocycles. The highest BCUT2D eigenvalue weighted by Gasteiger charge is 2.36. The molecule has 2 N–H and O–H groups in total. The first kappa shape index (κ1) is 31.0. The minimum atomic E-state index is -1.04. The molecule has 3 amide bonds. The van der Waals surface area contributed by atoms with Gasteiger partial charge in [0.1, 0.15) is 23.4 Å². The van der Waals surface area contributed by atoms with E-state index >= 15 is 0 Å². The molecule has 0 fully saturated rings. The van der Waals surface area contributed by atoms with E-state index in [0.29, 0.717) is 29.0 Å². The summed E-state index contributed by atoms with van der Waals surface area (Å²) in [5.74, 6) is 2.39. The number of benzene rings is 2. The number of terminal acetylenes is 1. The molecule has 2 aromatic rings. The zero-order valence-electron chi connectivity index (χ0n) is 23.6. The third kappa shape index (κ3) is 9.53. The van der Waals surface area contributed by atoms with Gasteiger partial charge >= 0.3 is 6.09 Å². The average Bonchev–Trinajstić information content (AvgIpc) is 2.87. The molecular weight excluding hydrogens is 494 g/mol. The summed E-state index contributed by atoms with van der Waals surface area (Å²) in [6.07, 6.45) is 6.70. The van der Waals surface area contributed by atoms with Crippen molar-refractivity contribution in [2.75, 3.05) is 19.0 Å². The van der Waals surface area contributed by atoms with Crippen LogP contribution in [0.1, 0.15) is 58.2 Å². The number of methoxy groups -OCH3 is 1. The number of nitrogens with zero attached hydrogens (tertiary/aromatic N) is 1. The van der Waals surface area contributed by atoms with E-state index in [-0.39, 0.29) is 12.5 Å². The van der Waals surface area contributed by atoms with Crippen LogP contribution in [0.5, 0.6) is 5.75 Å². The van der Waals surface area contributed by atoms with Crippen LogP contribution in [-0.2, 0) is 14.3 Å². The lowest BCUT2D eigenvalue weighted by atomic mass is 9.98. The highest BCUT2D eigenvalue weighted by Crippen LogP contribution is 2.26. The predicted octanol–water partition coefficient (Wildman–Crippen LogP) is 5.31. The van der Waals surface area contributed by atoms with Gasteiger partial charge in [-0.2, -0.15) is 0 Å². The Balaban J connectivity index is 2.50. The highest BCUT2D eigenvalue weighted by molar-refractivity contribution is 5.99. The molecule has 39 heavy (non-hydrogen) atoms. The lowest BCUT2D eigenvalue weighted by molar-refractivity contribution is -0.140. The van der Waals surface area contributed by atoms with Gasteiger partial charge in [-0.25, -0.2) is 4.79 Å². The lowest BCUT2D eigenvalue weighted by Crippen LogP contribution is -2.52. The van der Waals surface area contributed by atoms with Crippen LogP contribution in [0.15, 0.2) is 61.2 Å². The van der Waals surface area contributed by atoms with Gasteiger partial charge < -0.3 is 25.0 Å². The van der Waals surface area contributed by atoms with E-state index in [0.717, 1.165) is 0 Å². The van der Waals surface area contributed by atoms with Gasteiger partial charge in [0.15, 0.2) is 0 Å². The second-order valence-electron chi connectivity index (χ2n) is 10.5. The number of alkyl carbamates (subject to hydrolysis) is 1. The summed E-state index contributed by atoms with van der Waals surface area (Å²) in [7, 11) is 1.56. The minimum Gasteiger partial charge on any atom is -0.497 e. The van der Waals surface area contributed by atoms with Gasteiger partial charge in [0.05, 0.1) is 7.11 Å². The fourth-order valence-corrected chi connectivity index (χ4v) is 3.92. The van der Waals surface area contributed by atoms with E-state index in [1.54, 1.807) is 82.5 Å². The summed E-state index contributed by atoms with van der Waals surface area (Å²) in [5.41, 5.74) is 0.980. The summed E-state index contributed by atoms with van der Waals surface area (Å²) in [5, 5.41) is 5.60. The fourth-order valence-electron chi connectivity index (χ4n) is 3.92. The maximum absolute atomic E-state index is 14.0. The largest absolute Gasteiger partial charge is 0.497 e. The zero-order chi connectivity index (χ0) is 29.2. The number of hydrogen-bond donors (Lipinski definition) is 2. The molecule has 2 unspecified atom stereocenters. The number of ether oxygens (including phenoxy) is 2. The first-order valence-electron chi connectivity index (χ1n) is 12.8. The van der Waals surface area contributed by atoms with Gasteiger partial charge in [0.25, 0.3) is 5.91 Å². The molecule has 0 saturated heterocycles. The Morgan fingerprint density at radius 1 is 1.08 bits per heavy atom. The van der Waals surface area contributed by atoms with Crippen LogP contribution in [0.25, 0.3) is 0 Å². The molecule has 0 aliphatic heterocycles. The molecule has 2 atom stereocenters.